The van der Waals surface area contributed by atoms with Crippen LogP contribution < -0.4 is 22.2 Å². The molecule has 7 aromatic rings. The molecular weight excluding hydrogens is 884 g/mol. The number of imidazole rings is 2. The van der Waals surface area contributed by atoms with E-state index in [9.17, 15) is 14.4 Å². The van der Waals surface area contributed by atoms with Crippen LogP contribution in [0.1, 0.15) is 97.4 Å². The molecule has 18 heteroatoms. The standard InChI is InChI=1S/C51H57FN10O7/c1-28-21-36(22-29(2)43(28)52)62-44(60-17-16-58(49(60)66)35-10-12-39-40(25-35)56(7)48(65)59(39)18-20-67-8)42-31(4)57(15-13-37(42)54-62)45(63)41-24-34-23-32(33-14-19-68-50(5,6)27-33)9-11-38(34)61(41)51(26-30(51)3)46-53-47(64)69-55-46/h9-12,16-17,21-25,30-31,33,46,55H,13-15,18-20,26-27H2,1-8H3,(H,53,64)/t30-,31-,33+,46?,51-/m0/s1. The predicted octanol–water partition coefficient (Wildman–Crippen LogP) is 6.56. The molecular formula is C51H57FN10O7. The number of amides is 2. The van der Waals surface area contributed by atoms with E-state index >= 15 is 9.18 Å². The number of hydroxylamine groups is 1. The first kappa shape index (κ1) is 44.7. The monoisotopic (exact) mass is 940 g/mol. The van der Waals surface area contributed by atoms with E-state index < -0.39 is 29.5 Å². The van der Waals surface area contributed by atoms with Gasteiger partial charge in [-0.2, -0.15) is 5.10 Å². The molecule has 2 N–H and O–H groups in total. The van der Waals surface area contributed by atoms with Gasteiger partial charge < -0.3 is 23.8 Å². The summed E-state index contributed by atoms with van der Waals surface area (Å²) in [6, 6.07) is 16.7. The van der Waals surface area contributed by atoms with Gasteiger partial charge in [0, 0.05) is 62.6 Å². The average molecular weight is 941 g/mol. The van der Waals surface area contributed by atoms with Gasteiger partial charge in [-0.25, -0.2) is 23.5 Å². The van der Waals surface area contributed by atoms with Gasteiger partial charge in [0.05, 0.1) is 58.4 Å². The van der Waals surface area contributed by atoms with Crippen LogP contribution >= 0.6 is 0 Å². The van der Waals surface area contributed by atoms with Crippen LogP contribution in [-0.2, 0) is 39.9 Å². The van der Waals surface area contributed by atoms with Crippen molar-refractivity contribution in [3.05, 3.63) is 127 Å². The van der Waals surface area contributed by atoms with Crippen molar-refractivity contribution >= 4 is 33.9 Å². The number of carbonyl (C=O) groups excluding carboxylic acids is 2. The number of rotatable bonds is 10. The van der Waals surface area contributed by atoms with Gasteiger partial charge in [-0.05, 0) is 131 Å². The lowest BCUT2D eigenvalue weighted by molar-refractivity contribution is -0.0592. The molecule has 69 heavy (non-hydrogen) atoms. The normalized spacial score (nSPS) is 23.1. The highest BCUT2D eigenvalue weighted by atomic mass is 19.1. The zero-order valence-corrected chi connectivity index (χ0v) is 40.1. The van der Waals surface area contributed by atoms with Crippen LogP contribution in [0, 0.1) is 25.6 Å². The summed E-state index contributed by atoms with van der Waals surface area (Å²) in [6.07, 6.45) is 5.01. The molecule has 4 aliphatic rings. The van der Waals surface area contributed by atoms with Crippen LogP contribution in [0.5, 0.6) is 0 Å². The molecule has 0 radical (unpaired) electrons. The van der Waals surface area contributed by atoms with Crippen LogP contribution in [-0.4, -0.2) is 88.2 Å². The van der Waals surface area contributed by atoms with Gasteiger partial charge >= 0.3 is 17.5 Å². The SMILES string of the molecule is COCCn1c(=O)n(C)c2cc(-n3ccn(-c4c5c(nn4-c4cc(C)c(F)c(C)c4)CCN(C(=O)c4cc6cc([C@@H]7CCOC(C)(C)C7)ccc6n4[C@@]4(C6NOC(=O)N6)C[C@@H]4C)[C@H]5C)c3=O)ccc21. The number of ether oxygens (including phenoxy) is 2. The third kappa shape index (κ3) is 7.00. The molecule has 360 valence electrons. The average Bonchev–Trinajstić information content (AvgIpc) is 3.90. The summed E-state index contributed by atoms with van der Waals surface area (Å²) in [5.74, 6) is 0.244. The lowest BCUT2D eigenvalue weighted by Crippen LogP contribution is -2.49. The number of aromatic nitrogens is 7. The Morgan fingerprint density at radius 1 is 0.928 bits per heavy atom. The molecule has 3 aliphatic heterocycles. The highest BCUT2D eigenvalue weighted by Crippen LogP contribution is 2.55. The summed E-state index contributed by atoms with van der Waals surface area (Å²) in [5.41, 5.74) is 8.60. The summed E-state index contributed by atoms with van der Waals surface area (Å²) in [7, 11) is 3.29. The van der Waals surface area contributed by atoms with E-state index in [1.54, 1.807) is 72.4 Å². The molecule has 4 aromatic heterocycles. The van der Waals surface area contributed by atoms with Crippen molar-refractivity contribution in [1.82, 2.24) is 48.3 Å². The van der Waals surface area contributed by atoms with Crippen molar-refractivity contribution in [2.24, 2.45) is 13.0 Å². The van der Waals surface area contributed by atoms with Crippen molar-refractivity contribution in [3.8, 4) is 17.2 Å². The van der Waals surface area contributed by atoms with Crippen molar-refractivity contribution < 1.29 is 28.3 Å². The zero-order chi connectivity index (χ0) is 48.4. The quantitative estimate of drug-likeness (QED) is 0.155. The molecule has 2 saturated heterocycles. The van der Waals surface area contributed by atoms with E-state index in [0.29, 0.717) is 95.4 Å². The fourth-order valence-electron chi connectivity index (χ4n) is 11.6. The molecule has 3 fully saturated rings. The van der Waals surface area contributed by atoms with Crippen LogP contribution in [0.25, 0.3) is 39.1 Å². The highest BCUT2D eigenvalue weighted by molar-refractivity contribution is 6.00. The number of methoxy groups -OCH3 is 1. The maximum absolute atomic E-state index is 15.6. The Labute approximate surface area is 396 Å². The molecule has 2 amide bonds. The first-order chi connectivity index (χ1) is 33.0. The third-order valence-electron chi connectivity index (χ3n) is 15.3. The Hall–Kier alpha value is -6.76. The fraction of sp³-hybridized carbons (Fsp3) is 0.431. The van der Waals surface area contributed by atoms with E-state index in [1.807, 2.05) is 30.0 Å². The Balaban J connectivity index is 1.04. The molecule has 3 aromatic carbocycles. The highest BCUT2D eigenvalue weighted by Gasteiger charge is 2.62. The number of hydrogen-bond acceptors (Lipinski definition) is 9. The van der Waals surface area contributed by atoms with Gasteiger partial charge in [-0.3, -0.25) is 28.4 Å². The lowest BCUT2D eigenvalue weighted by atomic mass is 9.83. The smallest absolute Gasteiger partial charge is 0.383 e. The van der Waals surface area contributed by atoms with Crippen molar-refractivity contribution in [2.45, 2.75) is 103 Å². The summed E-state index contributed by atoms with van der Waals surface area (Å²) in [5, 5.41) is 9.01. The maximum atomic E-state index is 15.6. The van der Waals surface area contributed by atoms with Gasteiger partial charge in [-0.1, -0.05) is 13.0 Å². The second kappa shape index (κ2) is 16.2. The third-order valence-corrected chi connectivity index (χ3v) is 15.3. The number of benzene rings is 3. The first-order valence-corrected chi connectivity index (χ1v) is 23.7. The lowest BCUT2D eigenvalue weighted by Gasteiger charge is -2.36. The Kier molecular flexibility index (Phi) is 10.5. The molecule has 1 unspecified atom stereocenters. The summed E-state index contributed by atoms with van der Waals surface area (Å²) in [4.78, 5) is 63.4. The van der Waals surface area contributed by atoms with Gasteiger partial charge in [0.15, 0.2) is 0 Å². The van der Waals surface area contributed by atoms with Gasteiger partial charge in [0.25, 0.3) is 5.91 Å². The Bertz CT molecular complexity index is 3370. The van der Waals surface area contributed by atoms with E-state index in [4.69, 9.17) is 19.4 Å². The minimum Gasteiger partial charge on any atom is -0.383 e. The van der Waals surface area contributed by atoms with Gasteiger partial charge in [0.1, 0.15) is 23.5 Å². The van der Waals surface area contributed by atoms with Crippen LogP contribution in [0.3, 0.4) is 0 Å². The minimum atomic E-state index is -0.711. The van der Waals surface area contributed by atoms with Crippen molar-refractivity contribution in [1.29, 1.82) is 0 Å². The van der Waals surface area contributed by atoms with E-state index in [2.05, 4.69) is 54.3 Å². The molecule has 1 saturated carbocycles. The molecule has 1 aliphatic carbocycles. The predicted molar refractivity (Wildman–Crippen MR) is 256 cm³/mol. The maximum Gasteiger partial charge on any atom is 0.427 e. The molecule has 11 rings (SSSR count). The Morgan fingerprint density at radius 3 is 2.36 bits per heavy atom. The number of nitrogens with zero attached hydrogens (tertiary/aromatic N) is 8. The zero-order valence-electron chi connectivity index (χ0n) is 40.1. The molecule has 0 spiro atoms. The molecule has 7 heterocycles. The number of carbonyl (C=O) groups is 2. The van der Waals surface area contributed by atoms with Crippen molar-refractivity contribution in [3.63, 3.8) is 0 Å². The van der Waals surface area contributed by atoms with E-state index in [1.165, 1.54) is 14.7 Å². The summed E-state index contributed by atoms with van der Waals surface area (Å²) >= 11 is 0. The number of aryl methyl sites for hydroxylation is 3. The second-order valence-corrected chi connectivity index (χ2v) is 20.1. The van der Waals surface area contributed by atoms with E-state index in [-0.39, 0.29) is 34.9 Å². The van der Waals surface area contributed by atoms with Crippen LogP contribution in [0.2, 0.25) is 0 Å². The number of nitrogens with one attached hydrogen (secondary N) is 2. The number of hydrogen-bond donors (Lipinski definition) is 2. The summed E-state index contributed by atoms with van der Waals surface area (Å²) < 4.78 is 36.6. The molecule has 17 nitrogen and oxygen atoms in total. The second-order valence-electron chi connectivity index (χ2n) is 20.1. The van der Waals surface area contributed by atoms with Crippen molar-refractivity contribution in [2.75, 3.05) is 26.9 Å². The Morgan fingerprint density at radius 2 is 1.67 bits per heavy atom. The molecule has 5 atom stereocenters. The fourth-order valence-corrected chi connectivity index (χ4v) is 11.6. The number of fused-ring (bicyclic) bond motifs is 3. The summed E-state index contributed by atoms with van der Waals surface area (Å²) in [6.45, 7) is 13.5. The first-order valence-electron chi connectivity index (χ1n) is 23.7. The van der Waals surface area contributed by atoms with Crippen LogP contribution in [0.4, 0.5) is 9.18 Å². The van der Waals surface area contributed by atoms with E-state index in [0.717, 1.165) is 23.7 Å². The minimum absolute atomic E-state index is 0.0741. The van der Waals surface area contributed by atoms with Gasteiger partial charge in [-0.15, -0.1) is 5.48 Å². The largest absolute Gasteiger partial charge is 0.427 e. The van der Waals surface area contributed by atoms with Gasteiger partial charge in [0.2, 0.25) is 0 Å². The van der Waals surface area contributed by atoms with Crippen LogP contribution in [0.15, 0.2) is 76.6 Å². The number of halogens is 1. The molecule has 0 bridgehead atoms. The topological polar surface area (TPSA) is 166 Å².